The van der Waals surface area contributed by atoms with Crippen molar-refractivity contribution in [3.8, 4) is 0 Å². The largest absolute Gasteiger partial charge is 0.380 e. The third-order valence-electron chi connectivity index (χ3n) is 4.28. The van der Waals surface area contributed by atoms with E-state index in [-0.39, 0.29) is 0 Å². The summed E-state index contributed by atoms with van der Waals surface area (Å²) in [6, 6.07) is 0. The van der Waals surface area contributed by atoms with Crippen molar-refractivity contribution < 1.29 is 9.47 Å². The number of nitrogens with zero attached hydrogens (tertiary/aromatic N) is 1. The van der Waals surface area contributed by atoms with Gasteiger partial charge in [0.15, 0.2) is 0 Å². The van der Waals surface area contributed by atoms with Crippen molar-refractivity contribution in [2.24, 2.45) is 5.92 Å². The standard InChI is InChI=1S/C14H28N2O2/c1-12-5-7-16(11-14(12)17-2)8-6-15-10-13-4-3-9-18-13/h12-15H,3-11H2,1-2H3. The molecule has 0 bridgehead atoms. The van der Waals surface area contributed by atoms with Gasteiger partial charge in [-0.05, 0) is 31.7 Å². The van der Waals surface area contributed by atoms with Gasteiger partial charge in [-0.2, -0.15) is 0 Å². The van der Waals surface area contributed by atoms with E-state index < -0.39 is 0 Å². The van der Waals surface area contributed by atoms with Gasteiger partial charge >= 0.3 is 0 Å². The molecular formula is C14H28N2O2. The number of piperidine rings is 1. The van der Waals surface area contributed by atoms with E-state index in [1.165, 1.54) is 25.8 Å². The SMILES string of the molecule is COC1CN(CCNCC2CCCO2)CCC1C. The van der Waals surface area contributed by atoms with Crippen molar-refractivity contribution >= 4 is 0 Å². The van der Waals surface area contributed by atoms with Crippen LogP contribution in [0.25, 0.3) is 0 Å². The number of rotatable bonds is 6. The minimum Gasteiger partial charge on any atom is -0.380 e. The summed E-state index contributed by atoms with van der Waals surface area (Å²) >= 11 is 0. The van der Waals surface area contributed by atoms with Crippen LogP contribution in [0, 0.1) is 5.92 Å². The van der Waals surface area contributed by atoms with Gasteiger partial charge in [0.1, 0.15) is 0 Å². The fraction of sp³-hybridized carbons (Fsp3) is 1.00. The lowest BCUT2D eigenvalue weighted by atomic mass is 9.96. The number of likely N-dealkylation sites (tertiary alicyclic amines) is 1. The Kier molecular flexibility index (Phi) is 5.89. The van der Waals surface area contributed by atoms with Crippen LogP contribution < -0.4 is 5.32 Å². The Morgan fingerprint density at radius 1 is 1.39 bits per heavy atom. The fourth-order valence-electron chi connectivity index (χ4n) is 2.91. The van der Waals surface area contributed by atoms with Crippen LogP contribution in [0.15, 0.2) is 0 Å². The Balaban J connectivity index is 1.56. The summed E-state index contributed by atoms with van der Waals surface area (Å²) in [5.41, 5.74) is 0. The zero-order valence-electron chi connectivity index (χ0n) is 11.9. The van der Waals surface area contributed by atoms with Crippen LogP contribution in [0.1, 0.15) is 26.2 Å². The topological polar surface area (TPSA) is 33.7 Å². The lowest BCUT2D eigenvalue weighted by Crippen LogP contribution is -2.46. The molecule has 4 nitrogen and oxygen atoms in total. The van der Waals surface area contributed by atoms with E-state index in [0.29, 0.717) is 18.1 Å². The number of nitrogens with one attached hydrogen (secondary N) is 1. The van der Waals surface area contributed by atoms with Crippen molar-refractivity contribution in [3.05, 3.63) is 0 Å². The average Bonchev–Trinajstić information content (AvgIpc) is 2.89. The molecule has 18 heavy (non-hydrogen) atoms. The van der Waals surface area contributed by atoms with Crippen molar-refractivity contribution in [2.75, 3.05) is 46.4 Å². The fourth-order valence-corrected chi connectivity index (χ4v) is 2.91. The summed E-state index contributed by atoms with van der Waals surface area (Å²) in [5.74, 6) is 0.700. The molecule has 2 saturated heterocycles. The van der Waals surface area contributed by atoms with Gasteiger partial charge in [-0.25, -0.2) is 0 Å². The Hall–Kier alpha value is -0.160. The molecule has 2 aliphatic rings. The lowest BCUT2D eigenvalue weighted by molar-refractivity contribution is -0.00464. The molecule has 2 fully saturated rings. The second-order valence-electron chi connectivity index (χ2n) is 5.68. The van der Waals surface area contributed by atoms with E-state index >= 15 is 0 Å². The molecule has 0 amide bonds. The summed E-state index contributed by atoms with van der Waals surface area (Å²) in [5, 5.41) is 3.51. The molecule has 2 rings (SSSR count). The summed E-state index contributed by atoms with van der Waals surface area (Å²) < 4.78 is 11.1. The van der Waals surface area contributed by atoms with Crippen molar-refractivity contribution in [1.29, 1.82) is 0 Å². The van der Waals surface area contributed by atoms with E-state index in [2.05, 4.69) is 17.1 Å². The van der Waals surface area contributed by atoms with Crippen molar-refractivity contribution in [1.82, 2.24) is 10.2 Å². The molecule has 0 aromatic heterocycles. The molecular weight excluding hydrogens is 228 g/mol. The molecule has 1 N–H and O–H groups in total. The predicted molar refractivity (Wildman–Crippen MR) is 72.9 cm³/mol. The Bertz CT molecular complexity index is 232. The normalized spacial score (nSPS) is 34.0. The predicted octanol–water partition coefficient (Wildman–Crippen LogP) is 1.11. The maximum absolute atomic E-state index is 5.60. The molecule has 0 aliphatic carbocycles. The molecule has 2 heterocycles. The molecule has 0 aromatic carbocycles. The third kappa shape index (κ3) is 4.19. The summed E-state index contributed by atoms with van der Waals surface area (Å²) in [4.78, 5) is 2.51. The van der Waals surface area contributed by atoms with Gasteiger partial charge in [0.2, 0.25) is 0 Å². The van der Waals surface area contributed by atoms with E-state index in [4.69, 9.17) is 9.47 Å². The zero-order chi connectivity index (χ0) is 12.8. The summed E-state index contributed by atoms with van der Waals surface area (Å²) in [7, 11) is 1.83. The highest BCUT2D eigenvalue weighted by molar-refractivity contribution is 4.79. The zero-order valence-corrected chi connectivity index (χ0v) is 11.9. The van der Waals surface area contributed by atoms with E-state index in [1.807, 2.05) is 7.11 Å². The lowest BCUT2D eigenvalue weighted by Gasteiger charge is -2.36. The first-order valence-electron chi connectivity index (χ1n) is 7.37. The number of hydrogen-bond donors (Lipinski definition) is 1. The molecule has 3 unspecified atom stereocenters. The van der Waals surface area contributed by atoms with Crippen LogP contribution >= 0.6 is 0 Å². The van der Waals surface area contributed by atoms with E-state index in [9.17, 15) is 0 Å². The second-order valence-corrected chi connectivity index (χ2v) is 5.68. The van der Waals surface area contributed by atoms with E-state index in [1.54, 1.807) is 0 Å². The third-order valence-corrected chi connectivity index (χ3v) is 4.28. The first-order valence-corrected chi connectivity index (χ1v) is 7.37. The molecule has 0 radical (unpaired) electrons. The quantitative estimate of drug-likeness (QED) is 0.722. The molecule has 0 saturated carbocycles. The Morgan fingerprint density at radius 2 is 2.28 bits per heavy atom. The molecule has 106 valence electrons. The van der Waals surface area contributed by atoms with Crippen LogP contribution in [0.4, 0.5) is 0 Å². The highest BCUT2D eigenvalue weighted by atomic mass is 16.5. The number of methoxy groups -OCH3 is 1. The molecule has 3 atom stereocenters. The van der Waals surface area contributed by atoms with E-state index in [0.717, 1.165) is 32.8 Å². The Labute approximate surface area is 111 Å². The summed E-state index contributed by atoms with van der Waals surface area (Å²) in [6.07, 6.45) is 4.57. The minimum absolute atomic E-state index is 0.414. The molecule has 0 spiro atoms. The van der Waals surface area contributed by atoms with Gasteiger partial charge in [-0.3, -0.25) is 4.90 Å². The van der Waals surface area contributed by atoms with Crippen molar-refractivity contribution in [2.45, 2.75) is 38.4 Å². The van der Waals surface area contributed by atoms with Crippen molar-refractivity contribution in [3.63, 3.8) is 0 Å². The molecule has 4 heteroatoms. The maximum Gasteiger partial charge on any atom is 0.0724 e. The second kappa shape index (κ2) is 7.43. The monoisotopic (exact) mass is 256 g/mol. The van der Waals surface area contributed by atoms with Crippen LogP contribution in [-0.2, 0) is 9.47 Å². The summed E-state index contributed by atoms with van der Waals surface area (Å²) in [6.45, 7) is 8.73. The van der Waals surface area contributed by atoms with Crippen LogP contribution in [0.5, 0.6) is 0 Å². The first-order chi connectivity index (χ1) is 8.79. The first kappa shape index (κ1) is 14.3. The van der Waals surface area contributed by atoms with Crippen LogP contribution in [0.3, 0.4) is 0 Å². The van der Waals surface area contributed by atoms with Gasteiger partial charge < -0.3 is 14.8 Å². The van der Waals surface area contributed by atoms with Crippen LogP contribution in [0.2, 0.25) is 0 Å². The number of hydrogen-bond acceptors (Lipinski definition) is 4. The Morgan fingerprint density at radius 3 is 3.00 bits per heavy atom. The minimum atomic E-state index is 0.414. The highest BCUT2D eigenvalue weighted by Gasteiger charge is 2.25. The average molecular weight is 256 g/mol. The van der Waals surface area contributed by atoms with Gasteiger partial charge in [-0.1, -0.05) is 6.92 Å². The van der Waals surface area contributed by atoms with Gasteiger partial charge in [0.05, 0.1) is 12.2 Å². The van der Waals surface area contributed by atoms with Gasteiger partial charge in [0.25, 0.3) is 0 Å². The highest BCUT2D eigenvalue weighted by Crippen LogP contribution is 2.18. The van der Waals surface area contributed by atoms with Gasteiger partial charge in [0, 0.05) is 39.9 Å². The number of ether oxygens (including phenoxy) is 2. The maximum atomic E-state index is 5.60. The smallest absolute Gasteiger partial charge is 0.0724 e. The van der Waals surface area contributed by atoms with Gasteiger partial charge in [-0.15, -0.1) is 0 Å². The molecule has 2 aliphatic heterocycles. The van der Waals surface area contributed by atoms with Crippen LogP contribution in [-0.4, -0.2) is 63.5 Å². The molecule has 0 aromatic rings.